The minimum absolute atomic E-state index is 0.00155. The first-order valence-corrected chi connectivity index (χ1v) is 12.8. The smallest absolute Gasteiger partial charge is 0.327 e. The summed E-state index contributed by atoms with van der Waals surface area (Å²) < 4.78 is 6.01. The van der Waals surface area contributed by atoms with E-state index in [2.05, 4.69) is 26.1 Å². The molecule has 0 unspecified atom stereocenters. The Morgan fingerprint density at radius 2 is 1.88 bits per heavy atom. The molecule has 2 saturated heterocycles. The van der Waals surface area contributed by atoms with Gasteiger partial charge in [-0.3, -0.25) is 9.59 Å². The number of β-lactam (4-membered cyclic amide) rings is 1. The van der Waals surface area contributed by atoms with Crippen LogP contribution in [0.2, 0.25) is 0 Å². The lowest BCUT2D eigenvalue weighted by Gasteiger charge is -2.47. The van der Waals surface area contributed by atoms with E-state index >= 15 is 0 Å². The van der Waals surface area contributed by atoms with E-state index in [0.29, 0.717) is 17.8 Å². The molecule has 8 heteroatoms. The number of aliphatic carboxylic acids is 1. The summed E-state index contributed by atoms with van der Waals surface area (Å²) in [7, 11) is 0. The van der Waals surface area contributed by atoms with Crippen LogP contribution in [-0.2, 0) is 19.1 Å². The molecule has 2 heterocycles. The number of hydrogen-bond acceptors (Lipinski definition) is 5. The van der Waals surface area contributed by atoms with Crippen molar-refractivity contribution >= 4 is 29.5 Å². The number of ether oxygens (including phenoxy) is 1. The molecule has 2 N–H and O–H groups in total. The fourth-order valence-electron chi connectivity index (χ4n) is 5.45. The first-order valence-electron chi connectivity index (χ1n) is 11.9. The van der Waals surface area contributed by atoms with Gasteiger partial charge in [0.15, 0.2) is 0 Å². The van der Waals surface area contributed by atoms with Gasteiger partial charge in [0.2, 0.25) is 5.91 Å². The molecule has 1 saturated carbocycles. The van der Waals surface area contributed by atoms with Crippen LogP contribution >= 0.6 is 11.8 Å². The fraction of sp³-hybridized carbons (Fsp3) is 0.875. The quantitative estimate of drug-likeness (QED) is 0.555. The van der Waals surface area contributed by atoms with Crippen molar-refractivity contribution in [3.05, 3.63) is 0 Å². The molecule has 2 aliphatic heterocycles. The zero-order valence-corrected chi connectivity index (χ0v) is 21.5. The summed E-state index contributed by atoms with van der Waals surface area (Å²) in [6, 6.07) is -1.61. The van der Waals surface area contributed by atoms with E-state index < -0.39 is 28.4 Å². The van der Waals surface area contributed by atoms with Crippen LogP contribution in [0.3, 0.4) is 0 Å². The Bertz CT molecular complexity index is 769. The lowest BCUT2D eigenvalue weighted by molar-refractivity contribution is -0.179. The molecule has 0 spiro atoms. The third-order valence-corrected chi connectivity index (χ3v) is 9.44. The zero-order chi connectivity index (χ0) is 24.2. The van der Waals surface area contributed by atoms with Gasteiger partial charge in [0.25, 0.3) is 5.91 Å². The molecule has 3 aliphatic rings. The molecule has 182 valence electrons. The van der Waals surface area contributed by atoms with Crippen molar-refractivity contribution in [3.63, 3.8) is 0 Å². The van der Waals surface area contributed by atoms with Crippen LogP contribution in [0.15, 0.2) is 0 Å². The second kappa shape index (κ2) is 8.82. The summed E-state index contributed by atoms with van der Waals surface area (Å²) in [6.07, 6.45) is 3.21. The maximum absolute atomic E-state index is 13.5. The standard InChI is InChI=1S/C24H40N2O5S/c1-12(2)15-10-9-14(5)11-16(15)31-24(8,13(3)4)22(30)25-17-19(27)26-18(21(28)29)23(6,7)32-20(17)26/h12-18,20H,9-11H2,1-8H3,(H,25,30)(H,28,29)/t14-,15+,16+,17-,18+,20-,24-/m1/s1. The van der Waals surface area contributed by atoms with Crippen LogP contribution in [0.4, 0.5) is 0 Å². The monoisotopic (exact) mass is 468 g/mol. The van der Waals surface area contributed by atoms with E-state index in [4.69, 9.17) is 4.74 Å². The van der Waals surface area contributed by atoms with Gasteiger partial charge < -0.3 is 20.1 Å². The average molecular weight is 469 g/mol. The molecule has 0 aromatic heterocycles. The van der Waals surface area contributed by atoms with Gasteiger partial charge in [0.1, 0.15) is 23.1 Å². The first-order chi connectivity index (χ1) is 14.7. The van der Waals surface area contributed by atoms with Crippen molar-refractivity contribution < 1.29 is 24.2 Å². The van der Waals surface area contributed by atoms with E-state index in [9.17, 15) is 19.5 Å². The van der Waals surface area contributed by atoms with Crippen molar-refractivity contribution in [2.24, 2.45) is 23.7 Å². The van der Waals surface area contributed by atoms with Gasteiger partial charge in [-0.15, -0.1) is 11.8 Å². The molecular formula is C24H40N2O5S. The lowest BCUT2D eigenvalue weighted by atomic mass is 9.75. The number of thioether (sulfide) groups is 1. The predicted molar refractivity (Wildman–Crippen MR) is 125 cm³/mol. The van der Waals surface area contributed by atoms with Crippen LogP contribution < -0.4 is 5.32 Å². The summed E-state index contributed by atoms with van der Waals surface area (Å²) in [5.74, 6) is -0.280. The van der Waals surface area contributed by atoms with Crippen molar-refractivity contribution in [3.8, 4) is 0 Å². The molecule has 7 nitrogen and oxygen atoms in total. The Labute approximate surface area is 196 Å². The normalized spacial score (nSPS) is 35.9. The second-order valence-corrected chi connectivity index (χ2v) is 13.1. The first kappa shape index (κ1) is 25.3. The van der Waals surface area contributed by atoms with E-state index in [0.717, 1.165) is 12.8 Å². The predicted octanol–water partition coefficient (Wildman–Crippen LogP) is 3.51. The molecule has 0 aromatic carbocycles. The molecule has 3 fully saturated rings. The topological polar surface area (TPSA) is 95.9 Å². The number of carbonyl (C=O) groups is 3. The second-order valence-electron chi connectivity index (χ2n) is 11.3. The molecule has 0 radical (unpaired) electrons. The number of carbonyl (C=O) groups excluding carboxylic acids is 2. The number of fused-ring (bicyclic) bond motifs is 1. The Kier molecular flexibility index (Phi) is 6.99. The van der Waals surface area contributed by atoms with Crippen LogP contribution in [0.1, 0.15) is 74.7 Å². The molecule has 32 heavy (non-hydrogen) atoms. The highest BCUT2D eigenvalue weighted by Gasteiger charge is 2.64. The summed E-state index contributed by atoms with van der Waals surface area (Å²) in [5.41, 5.74) is -1.07. The molecular weight excluding hydrogens is 428 g/mol. The van der Waals surface area contributed by atoms with E-state index in [1.807, 2.05) is 34.6 Å². The highest BCUT2D eigenvalue weighted by atomic mass is 32.2. The van der Waals surface area contributed by atoms with Crippen molar-refractivity contribution in [2.75, 3.05) is 0 Å². The number of carboxylic acids is 1. The molecule has 2 amide bonds. The number of amides is 2. The van der Waals surface area contributed by atoms with Crippen LogP contribution in [-0.4, -0.2) is 61.7 Å². The largest absolute Gasteiger partial charge is 0.480 e. The maximum atomic E-state index is 13.5. The van der Waals surface area contributed by atoms with Gasteiger partial charge in [0.05, 0.1) is 6.10 Å². The van der Waals surface area contributed by atoms with Gasteiger partial charge in [0, 0.05) is 4.75 Å². The van der Waals surface area contributed by atoms with Crippen LogP contribution in [0.25, 0.3) is 0 Å². The third kappa shape index (κ3) is 4.29. The van der Waals surface area contributed by atoms with Crippen molar-refractivity contribution in [1.82, 2.24) is 10.2 Å². The summed E-state index contributed by atoms with van der Waals surface area (Å²) >= 11 is 1.44. The van der Waals surface area contributed by atoms with Crippen molar-refractivity contribution in [2.45, 2.75) is 109 Å². The number of hydrogen-bond donors (Lipinski definition) is 2. The van der Waals surface area contributed by atoms with Crippen LogP contribution in [0.5, 0.6) is 0 Å². The summed E-state index contributed by atoms with van der Waals surface area (Å²) in [6.45, 7) is 16.1. The fourth-order valence-corrected chi connectivity index (χ4v) is 7.07. The molecule has 7 atom stereocenters. The van der Waals surface area contributed by atoms with E-state index in [1.165, 1.54) is 23.1 Å². The molecule has 0 aromatic rings. The third-order valence-electron chi connectivity index (χ3n) is 7.87. The highest BCUT2D eigenvalue weighted by molar-refractivity contribution is 8.01. The Hall–Kier alpha value is -1.28. The van der Waals surface area contributed by atoms with Gasteiger partial charge in [-0.05, 0) is 57.3 Å². The molecule has 3 rings (SSSR count). The Balaban J connectivity index is 1.76. The average Bonchev–Trinajstić information content (AvgIpc) is 2.93. The number of carboxylic acid groups (broad SMARTS) is 1. The van der Waals surface area contributed by atoms with Crippen LogP contribution in [0, 0.1) is 23.7 Å². The van der Waals surface area contributed by atoms with E-state index in [1.54, 1.807) is 0 Å². The number of nitrogens with zero attached hydrogens (tertiary/aromatic N) is 1. The lowest BCUT2D eigenvalue weighted by Crippen LogP contribution is -2.72. The van der Waals surface area contributed by atoms with Gasteiger partial charge in [-0.1, -0.05) is 41.0 Å². The Morgan fingerprint density at radius 3 is 2.41 bits per heavy atom. The van der Waals surface area contributed by atoms with Gasteiger partial charge in [-0.2, -0.15) is 0 Å². The Morgan fingerprint density at radius 1 is 1.25 bits per heavy atom. The molecule has 1 aliphatic carbocycles. The van der Waals surface area contributed by atoms with E-state index in [-0.39, 0.29) is 29.2 Å². The highest BCUT2D eigenvalue weighted by Crippen LogP contribution is 2.51. The maximum Gasteiger partial charge on any atom is 0.327 e. The summed E-state index contributed by atoms with van der Waals surface area (Å²) in [5, 5.41) is 12.2. The minimum Gasteiger partial charge on any atom is -0.480 e. The van der Waals surface area contributed by atoms with Crippen molar-refractivity contribution in [1.29, 1.82) is 0 Å². The molecule has 0 bridgehead atoms. The van der Waals surface area contributed by atoms with Gasteiger partial charge >= 0.3 is 5.97 Å². The van der Waals surface area contributed by atoms with Gasteiger partial charge in [-0.25, -0.2) is 4.79 Å². The SMILES string of the molecule is CC(C)[C@@H]1CC[C@@H](C)C[C@@H]1O[C@@](C)(C(=O)N[C@@H]1C(=O)N2[C@@H]1SC(C)(C)[C@@H]2C(=O)O)C(C)C. The minimum atomic E-state index is -1.07. The number of rotatable bonds is 7. The zero-order valence-electron chi connectivity index (χ0n) is 20.7. The number of nitrogens with one attached hydrogen (secondary N) is 1. The summed E-state index contributed by atoms with van der Waals surface area (Å²) in [4.78, 5) is 39.5.